The highest BCUT2D eigenvalue weighted by Gasteiger charge is 2.18. The van der Waals surface area contributed by atoms with Gasteiger partial charge in [-0.2, -0.15) is 8.42 Å². The molecule has 0 amide bonds. The van der Waals surface area contributed by atoms with E-state index in [-0.39, 0.29) is 0 Å². The summed E-state index contributed by atoms with van der Waals surface area (Å²) in [5.74, 6) is 0. The summed E-state index contributed by atoms with van der Waals surface area (Å²) in [5, 5.41) is 8.34. The van der Waals surface area contributed by atoms with Crippen molar-refractivity contribution in [3.8, 4) is 0 Å². The number of nitrogens with zero attached hydrogens (tertiary/aromatic N) is 2. The molecule has 8 nitrogen and oxygen atoms in total. The molecule has 0 spiro atoms. The first kappa shape index (κ1) is 48.4. The lowest BCUT2D eigenvalue weighted by atomic mass is 9.88. The summed E-state index contributed by atoms with van der Waals surface area (Å²) in [6.07, 6.45) is 12.9. The van der Waals surface area contributed by atoms with Crippen molar-refractivity contribution in [3.05, 3.63) is 187 Å². The highest BCUT2D eigenvalue weighted by Crippen LogP contribution is 2.37. The van der Waals surface area contributed by atoms with Crippen LogP contribution < -0.4 is 10.6 Å². The summed E-state index contributed by atoms with van der Waals surface area (Å²) in [6.45, 7) is 20.2. The zero-order valence-corrected chi connectivity index (χ0v) is 38.5. The van der Waals surface area contributed by atoms with Gasteiger partial charge in [0.1, 0.15) is 0 Å². The van der Waals surface area contributed by atoms with Crippen LogP contribution in [0.25, 0.3) is 11.1 Å². The van der Waals surface area contributed by atoms with Crippen molar-refractivity contribution in [2.24, 2.45) is 9.98 Å². The molecule has 6 rings (SSSR count). The first-order valence-electron chi connectivity index (χ1n) is 20.3. The number of rotatable bonds is 10. The monoisotopic (exact) mass is 878 g/mol. The Labute approximate surface area is 372 Å². The van der Waals surface area contributed by atoms with Gasteiger partial charge in [-0.3, -0.25) is 19.1 Å². The van der Waals surface area contributed by atoms with Gasteiger partial charge < -0.3 is 10.6 Å². The lowest BCUT2D eigenvalue weighted by Crippen LogP contribution is -2.04. The normalized spacial score (nSPS) is 16.5. The Morgan fingerprint density at radius 2 is 0.934 bits per heavy atom. The standard InChI is InChI=1S/2C25H27ClN2.H2O4S/c2*1-5-27-23-13-11-19(15-17(23)3)25(21-9-7-8-10-22(21)26)20-12-14-24(28-6-2)18(4)16-20;1-5(2,3)4/h2*7-16,27H,5-6H2,1-4H3;(H2,1,2,3,4)/b2*25-20+,28-24?;. The summed E-state index contributed by atoms with van der Waals surface area (Å²) in [4.78, 5) is 9.14. The van der Waals surface area contributed by atoms with Crippen LogP contribution in [0.5, 0.6) is 0 Å². The average molecular weight is 880 g/mol. The van der Waals surface area contributed by atoms with Gasteiger partial charge in [0.05, 0.1) is 11.4 Å². The molecule has 0 aliphatic heterocycles. The Hall–Kier alpha value is -5.29. The maximum atomic E-state index is 8.74. The highest BCUT2D eigenvalue weighted by molar-refractivity contribution is 7.79. The first-order valence-corrected chi connectivity index (χ1v) is 22.5. The molecular weight excluding hydrogens is 824 g/mol. The van der Waals surface area contributed by atoms with Gasteiger partial charge in [0.15, 0.2) is 0 Å². The Balaban J connectivity index is 0.000000242. The van der Waals surface area contributed by atoms with E-state index in [0.29, 0.717) is 0 Å². The number of nitrogens with one attached hydrogen (secondary N) is 2. The fourth-order valence-corrected chi connectivity index (χ4v) is 7.48. The fraction of sp³-hybridized carbons (Fsp3) is 0.240. The lowest BCUT2D eigenvalue weighted by Gasteiger charge is -2.18. The molecule has 320 valence electrons. The number of hydrogen-bond acceptors (Lipinski definition) is 6. The van der Waals surface area contributed by atoms with Crippen LogP contribution in [0, 0.1) is 13.8 Å². The molecular formula is C50H56Cl2N4O4S. The molecule has 0 aromatic heterocycles. The molecule has 0 atom stereocenters. The molecule has 0 heterocycles. The average Bonchev–Trinajstić information content (AvgIpc) is 3.20. The van der Waals surface area contributed by atoms with Gasteiger partial charge in [0.25, 0.3) is 0 Å². The van der Waals surface area contributed by atoms with Crippen LogP contribution in [0.15, 0.2) is 154 Å². The first-order chi connectivity index (χ1) is 29.1. The molecule has 0 radical (unpaired) electrons. The van der Waals surface area contributed by atoms with Crippen LogP contribution in [0.4, 0.5) is 11.4 Å². The molecule has 2 aliphatic carbocycles. The predicted octanol–water partition coefficient (Wildman–Crippen LogP) is 13.1. The van der Waals surface area contributed by atoms with E-state index in [1.807, 2.05) is 36.4 Å². The number of halogens is 2. The Morgan fingerprint density at radius 1 is 0.574 bits per heavy atom. The second-order valence-corrected chi connectivity index (χ2v) is 15.9. The summed E-state index contributed by atoms with van der Waals surface area (Å²) in [7, 11) is -4.67. The van der Waals surface area contributed by atoms with Gasteiger partial charge >= 0.3 is 10.4 Å². The zero-order chi connectivity index (χ0) is 44.7. The van der Waals surface area contributed by atoms with Crippen molar-refractivity contribution in [3.63, 3.8) is 0 Å². The third-order valence-corrected chi connectivity index (χ3v) is 10.3. The summed E-state index contributed by atoms with van der Waals surface area (Å²) < 4.78 is 31.6. The zero-order valence-electron chi connectivity index (χ0n) is 36.1. The largest absolute Gasteiger partial charge is 0.394 e. The summed E-state index contributed by atoms with van der Waals surface area (Å²) >= 11 is 13.2. The number of aryl methyl sites for hydroxylation is 2. The third-order valence-electron chi connectivity index (χ3n) is 9.68. The van der Waals surface area contributed by atoms with Gasteiger partial charge in [0, 0.05) is 58.7 Å². The lowest BCUT2D eigenvalue weighted by molar-refractivity contribution is 0.381. The van der Waals surface area contributed by atoms with E-state index in [2.05, 4.69) is 161 Å². The smallest absolute Gasteiger partial charge is 0.385 e. The minimum absolute atomic E-state index is 0.755. The van der Waals surface area contributed by atoms with Crippen molar-refractivity contribution < 1.29 is 17.5 Å². The van der Waals surface area contributed by atoms with Crippen LogP contribution in [-0.2, 0) is 10.4 Å². The van der Waals surface area contributed by atoms with Crippen LogP contribution in [-0.4, -0.2) is 55.1 Å². The second kappa shape index (κ2) is 23.1. The number of hydrogen-bond donors (Lipinski definition) is 4. The van der Waals surface area contributed by atoms with Crippen molar-refractivity contribution in [1.29, 1.82) is 0 Å². The van der Waals surface area contributed by atoms with Gasteiger partial charge in [-0.1, -0.05) is 83.9 Å². The van der Waals surface area contributed by atoms with Crippen molar-refractivity contribution in [1.82, 2.24) is 0 Å². The van der Waals surface area contributed by atoms with Gasteiger partial charge in [0.2, 0.25) is 0 Å². The molecule has 0 saturated heterocycles. The minimum Gasteiger partial charge on any atom is -0.385 e. The molecule has 2 aliphatic rings. The van der Waals surface area contributed by atoms with E-state index in [0.717, 1.165) is 104 Å². The molecule has 0 saturated carbocycles. The van der Waals surface area contributed by atoms with E-state index in [9.17, 15) is 0 Å². The van der Waals surface area contributed by atoms with Crippen molar-refractivity contribution in [2.75, 3.05) is 36.8 Å². The van der Waals surface area contributed by atoms with E-state index >= 15 is 0 Å². The maximum Gasteiger partial charge on any atom is 0.394 e. The molecule has 0 bridgehead atoms. The molecule has 0 fully saturated rings. The third kappa shape index (κ3) is 13.9. The number of anilines is 2. The quantitative estimate of drug-likeness (QED) is 0.118. The van der Waals surface area contributed by atoms with Crippen LogP contribution in [0.3, 0.4) is 0 Å². The van der Waals surface area contributed by atoms with Gasteiger partial charge in [-0.25, -0.2) is 0 Å². The number of benzene rings is 4. The van der Waals surface area contributed by atoms with E-state index in [4.69, 9.17) is 40.7 Å². The predicted molar refractivity (Wildman–Crippen MR) is 262 cm³/mol. The Morgan fingerprint density at radius 3 is 1.23 bits per heavy atom. The molecule has 0 unspecified atom stereocenters. The number of aliphatic imine (C=N–C) groups is 2. The molecule has 4 aromatic rings. The second-order valence-electron chi connectivity index (χ2n) is 14.2. The molecule has 4 N–H and O–H groups in total. The van der Waals surface area contributed by atoms with Gasteiger partial charge in [-0.05, 0) is 172 Å². The number of allylic oxidation sites excluding steroid dienone is 10. The van der Waals surface area contributed by atoms with Crippen LogP contribution in [0.1, 0.15) is 74.9 Å². The van der Waals surface area contributed by atoms with E-state index < -0.39 is 10.4 Å². The molecule has 11 heteroatoms. The fourth-order valence-electron chi connectivity index (χ4n) is 7.02. The van der Waals surface area contributed by atoms with E-state index in [1.54, 1.807) is 0 Å². The van der Waals surface area contributed by atoms with Crippen LogP contribution in [0.2, 0.25) is 10.0 Å². The minimum atomic E-state index is -4.67. The van der Waals surface area contributed by atoms with Crippen molar-refractivity contribution >= 4 is 67.5 Å². The van der Waals surface area contributed by atoms with E-state index in [1.165, 1.54) is 22.3 Å². The SMILES string of the molecule is CCN=C1C=C/C(=C(/c2ccc(NCC)c(C)c2)c2ccccc2Cl)C=C1C.CCN=C1C=C/C(=C(/c2ccc(NCC)c(C)c2)c2ccccc2Cl)C=C1C.O=S(=O)(O)O. The molecule has 4 aromatic carbocycles. The molecule has 61 heavy (non-hydrogen) atoms. The Bertz CT molecular complexity index is 2410. The summed E-state index contributed by atoms with van der Waals surface area (Å²) in [5.41, 5.74) is 18.2. The van der Waals surface area contributed by atoms with Crippen molar-refractivity contribution in [2.45, 2.75) is 55.4 Å². The maximum absolute atomic E-state index is 8.74. The highest BCUT2D eigenvalue weighted by atomic mass is 35.5. The topological polar surface area (TPSA) is 123 Å². The van der Waals surface area contributed by atoms with Gasteiger partial charge in [-0.15, -0.1) is 0 Å². The van der Waals surface area contributed by atoms with Crippen LogP contribution >= 0.6 is 23.2 Å². The Kier molecular flexibility index (Phi) is 18.3. The summed E-state index contributed by atoms with van der Waals surface area (Å²) in [6, 6.07) is 29.2.